The van der Waals surface area contributed by atoms with Gasteiger partial charge in [-0.1, -0.05) is 13.3 Å². The van der Waals surface area contributed by atoms with Crippen LogP contribution in [-0.2, 0) is 16.6 Å². The molecule has 6 nitrogen and oxygen atoms in total. The predicted molar refractivity (Wildman–Crippen MR) is 69.1 cm³/mol. The molecule has 0 atom stereocenters. The predicted octanol–water partition coefficient (Wildman–Crippen LogP) is 0.931. The zero-order chi connectivity index (χ0) is 15.3. The fourth-order valence-electron chi connectivity index (χ4n) is 1.60. The Kier molecular flexibility index (Phi) is 5.63. The number of unbranched alkanes of at least 4 members (excludes halogenated alkanes) is 1. The van der Waals surface area contributed by atoms with Gasteiger partial charge in [-0.2, -0.15) is 0 Å². The van der Waals surface area contributed by atoms with Crippen LogP contribution >= 0.6 is 0 Å². The molecule has 0 unspecified atom stereocenters. The summed E-state index contributed by atoms with van der Waals surface area (Å²) in [7, 11) is -4.04. The highest BCUT2D eigenvalue weighted by Gasteiger charge is 2.20. The fraction of sp³-hybridized carbons (Fsp3) is 0.545. The lowest BCUT2D eigenvalue weighted by Gasteiger charge is -2.08. The summed E-state index contributed by atoms with van der Waals surface area (Å²) in [5, 5.41) is 7.47. The van der Waals surface area contributed by atoms with Gasteiger partial charge in [-0.25, -0.2) is 22.3 Å². The maximum atomic E-state index is 12.4. The summed E-state index contributed by atoms with van der Waals surface area (Å²) >= 11 is 0. The van der Waals surface area contributed by atoms with Crippen LogP contribution < -0.4 is 10.5 Å². The second-order valence-corrected chi connectivity index (χ2v) is 5.82. The van der Waals surface area contributed by atoms with Crippen LogP contribution in [0.25, 0.3) is 0 Å². The van der Waals surface area contributed by atoms with E-state index >= 15 is 0 Å². The number of nitrogens with one attached hydrogen (secondary N) is 1. The van der Waals surface area contributed by atoms with E-state index in [0.717, 1.165) is 29.7 Å². The van der Waals surface area contributed by atoms with Gasteiger partial charge in [-0.3, -0.25) is 4.79 Å². The molecular formula is C11H17F2N3O3S. The zero-order valence-corrected chi connectivity index (χ0v) is 11.8. The summed E-state index contributed by atoms with van der Waals surface area (Å²) in [5.41, 5.74) is -0.148. The number of sulfonamides is 1. The standard InChI is InChI=1S/C11H17F2N3O3S/c1-2-3-4-15-11(17)9-5-8(20(14,18)19)6-16(9)7-10(12)13/h5-6,10H,2-4,7H2,1H3,(H,15,17)(H2,14,18,19). The maximum Gasteiger partial charge on any atom is 0.267 e. The minimum atomic E-state index is -4.04. The Bertz CT molecular complexity index is 569. The minimum Gasteiger partial charge on any atom is -0.351 e. The lowest BCUT2D eigenvalue weighted by atomic mass is 10.3. The number of nitrogens with two attached hydrogens (primary N) is 1. The molecule has 0 fully saturated rings. The van der Waals surface area contributed by atoms with Gasteiger partial charge in [0.05, 0.1) is 6.54 Å². The average molecular weight is 309 g/mol. The quantitative estimate of drug-likeness (QED) is 0.734. The van der Waals surface area contributed by atoms with E-state index < -0.39 is 28.9 Å². The summed E-state index contributed by atoms with van der Waals surface area (Å²) in [4.78, 5) is 11.5. The molecule has 0 aliphatic heterocycles. The number of halogens is 2. The van der Waals surface area contributed by atoms with Gasteiger partial charge in [0.25, 0.3) is 12.3 Å². The van der Waals surface area contributed by atoms with Crippen LogP contribution in [0.2, 0.25) is 0 Å². The zero-order valence-electron chi connectivity index (χ0n) is 11.0. The number of hydrogen-bond acceptors (Lipinski definition) is 3. The van der Waals surface area contributed by atoms with Gasteiger partial charge in [-0.05, 0) is 12.5 Å². The molecule has 1 amide bonds. The number of alkyl halides is 2. The van der Waals surface area contributed by atoms with E-state index in [2.05, 4.69) is 5.32 Å². The van der Waals surface area contributed by atoms with Crippen molar-refractivity contribution in [2.45, 2.75) is 37.6 Å². The van der Waals surface area contributed by atoms with Crippen LogP contribution in [0.3, 0.4) is 0 Å². The molecule has 3 N–H and O–H groups in total. The van der Waals surface area contributed by atoms with Crippen molar-refractivity contribution in [3.63, 3.8) is 0 Å². The molecule has 1 aromatic heterocycles. The number of rotatable bonds is 7. The van der Waals surface area contributed by atoms with Crippen LogP contribution in [0.4, 0.5) is 8.78 Å². The van der Waals surface area contributed by atoms with Gasteiger partial charge in [0, 0.05) is 12.7 Å². The molecule has 0 saturated heterocycles. The van der Waals surface area contributed by atoms with Gasteiger partial charge in [-0.15, -0.1) is 0 Å². The smallest absolute Gasteiger partial charge is 0.267 e. The van der Waals surface area contributed by atoms with Gasteiger partial charge < -0.3 is 9.88 Å². The van der Waals surface area contributed by atoms with E-state index in [4.69, 9.17) is 5.14 Å². The van der Waals surface area contributed by atoms with Crippen LogP contribution in [0, 0.1) is 0 Å². The summed E-state index contributed by atoms with van der Waals surface area (Å²) in [6.07, 6.45) is -0.168. The van der Waals surface area contributed by atoms with Crippen molar-refractivity contribution in [1.29, 1.82) is 0 Å². The topological polar surface area (TPSA) is 94.2 Å². The van der Waals surface area contributed by atoms with E-state index in [1.807, 2.05) is 6.92 Å². The number of carbonyl (C=O) groups excluding carboxylic acids is 1. The number of amides is 1. The monoisotopic (exact) mass is 309 g/mol. The van der Waals surface area contributed by atoms with Crippen molar-refractivity contribution in [2.75, 3.05) is 6.54 Å². The van der Waals surface area contributed by atoms with E-state index in [1.54, 1.807) is 0 Å². The molecule has 1 heterocycles. The normalized spacial score (nSPS) is 11.8. The molecule has 20 heavy (non-hydrogen) atoms. The van der Waals surface area contributed by atoms with Crippen molar-refractivity contribution < 1.29 is 22.0 Å². The molecule has 0 saturated carbocycles. The molecule has 0 aliphatic carbocycles. The molecular weight excluding hydrogens is 292 g/mol. The average Bonchev–Trinajstić information content (AvgIpc) is 2.72. The summed E-state index contributed by atoms with van der Waals surface area (Å²) in [5.74, 6) is -0.603. The molecule has 0 aromatic carbocycles. The Morgan fingerprint density at radius 1 is 1.50 bits per heavy atom. The summed E-state index contributed by atoms with van der Waals surface area (Å²) in [6, 6.07) is 0.999. The van der Waals surface area contributed by atoms with Crippen molar-refractivity contribution in [1.82, 2.24) is 9.88 Å². The van der Waals surface area contributed by atoms with Crippen molar-refractivity contribution in [2.24, 2.45) is 5.14 Å². The first-order valence-corrected chi connectivity index (χ1v) is 7.59. The van der Waals surface area contributed by atoms with E-state index in [-0.39, 0.29) is 10.6 Å². The number of nitrogens with zero attached hydrogens (tertiary/aromatic N) is 1. The molecule has 1 aromatic rings. The SMILES string of the molecule is CCCCNC(=O)c1cc(S(N)(=O)=O)cn1CC(F)F. The van der Waals surface area contributed by atoms with Gasteiger partial charge in [0.2, 0.25) is 10.0 Å². The Morgan fingerprint density at radius 2 is 2.15 bits per heavy atom. The Morgan fingerprint density at radius 3 is 2.65 bits per heavy atom. The second-order valence-electron chi connectivity index (χ2n) is 4.26. The van der Waals surface area contributed by atoms with Gasteiger partial charge in [0.1, 0.15) is 10.6 Å². The Labute approximate surface area is 116 Å². The highest BCUT2D eigenvalue weighted by atomic mass is 32.2. The summed E-state index contributed by atoms with van der Waals surface area (Å²) < 4.78 is 48.2. The van der Waals surface area contributed by atoms with Crippen LogP contribution in [0.15, 0.2) is 17.2 Å². The lowest BCUT2D eigenvalue weighted by molar-refractivity contribution is 0.0930. The highest BCUT2D eigenvalue weighted by Crippen LogP contribution is 2.15. The third-order valence-electron chi connectivity index (χ3n) is 2.58. The fourth-order valence-corrected chi connectivity index (χ4v) is 2.15. The first kappa shape index (κ1) is 16.6. The van der Waals surface area contributed by atoms with E-state index in [9.17, 15) is 22.0 Å². The van der Waals surface area contributed by atoms with Crippen LogP contribution in [-0.4, -0.2) is 31.9 Å². The highest BCUT2D eigenvalue weighted by molar-refractivity contribution is 7.89. The first-order valence-electron chi connectivity index (χ1n) is 6.05. The Balaban J connectivity index is 3.02. The van der Waals surface area contributed by atoms with Crippen molar-refractivity contribution in [3.05, 3.63) is 18.0 Å². The van der Waals surface area contributed by atoms with E-state index in [1.165, 1.54) is 0 Å². The Hall–Kier alpha value is -1.48. The van der Waals surface area contributed by atoms with Crippen LogP contribution in [0.5, 0.6) is 0 Å². The maximum absolute atomic E-state index is 12.4. The van der Waals surface area contributed by atoms with Crippen molar-refractivity contribution in [3.8, 4) is 0 Å². The number of primary sulfonamides is 1. The van der Waals surface area contributed by atoms with Crippen LogP contribution in [0.1, 0.15) is 30.3 Å². The third kappa shape index (κ3) is 4.57. The molecule has 9 heteroatoms. The molecule has 0 spiro atoms. The van der Waals surface area contributed by atoms with Crippen molar-refractivity contribution >= 4 is 15.9 Å². The van der Waals surface area contributed by atoms with Gasteiger partial charge in [0.15, 0.2) is 0 Å². The number of hydrogen-bond donors (Lipinski definition) is 2. The molecule has 0 radical (unpaired) electrons. The lowest BCUT2D eigenvalue weighted by Crippen LogP contribution is -2.27. The largest absolute Gasteiger partial charge is 0.351 e. The molecule has 1 rings (SSSR count). The number of carbonyl (C=O) groups is 1. The molecule has 0 aliphatic rings. The minimum absolute atomic E-state index is 0.148. The molecule has 114 valence electrons. The summed E-state index contributed by atoms with van der Waals surface area (Å²) in [6.45, 7) is 1.55. The second kappa shape index (κ2) is 6.80. The third-order valence-corrected chi connectivity index (χ3v) is 3.46. The van der Waals surface area contributed by atoms with Gasteiger partial charge >= 0.3 is 0 Å². The number of aromatic nitrogens is 1. The first-order chi connectivity index (χ1) is 9.25. The van der Waals surface area contributed by atoms with E-state index in [0.29, 0.717) is 6.54 Å². The molecule has 0 bridgehead atoms.